The lowest BCUT2D eigenvalue weighted by molar-refractivity contribution is -0.117. The number of hydrogen-bond donors (Lipinski definition) is 0. The summed E-state index contributed by atoms with van der Waals surface area (Å²) in [5, 5.41) is 3.57. The molecule has 1 amide bonds. The Kier molecular flexibility index (Phi) is 3.92. The molecule has 1 atom stereocenters. The van der Waals surface area contributed by atoms with Crippen LogP contribution in [0.2, 0.25) is 0 Å². The van der Waals surface area contributed by atoms with Gasteiger partial charge in [-0.25, -0.2) is 0 Å². The van der Waals surface area contributed by atoms with E-state index in [1.54, 1.807) is 4.90 Å². The molecular formula is C13H17N5O. The zero-order valence-electron chi connectivity index (χ0n) is 11.2. The maximum Gasteiger partial charge on any atom is 0.227 e. The topological polar surface area (TPSA) is 72.3 Å². The van der Waals surface area contributed by atoms with Crippen LogP contribution >= 0.6 is 0 Å². The van der Waals surface area contributed by atoms with Crippen molar-refractivity contribution in [2.45, 2.75) is 6.42 Å². The first-order valence-electron chi connectivity index (χ1n) is 6.21. The normalized spacial score (nSPS) is 18.3. The Morgan fingerprint density at radius 1 is 1.47 bits per heavy atom. The van der Waals surface area contributed by atoms with Gasteiger partial charge < -0.3 is 9.80 Å². The zero-order valence-corrected chi connectivity index (χ0v) is 11.2. The molecule has 1 aromatic carbocycles. The van der Waals surface area contributed by atoms with E-state index in [1.807, 2.05) is 43.3 Å². The second-order valence-electron chi connectivity index (χ2n) is 4.87. The average molecular weight is 259 g/mol. The highest BCUT2D eigenvalue weighted by Crippen LogP contribution is 2.32. The molecule has 0 N–H and O–H groups in total. The van der Waals surface area contributed by atoms with Gasteiger partial charge in [0.2, 0.25) is 5.91 Å². The van der Waals surface area contributed by atoms with Crippen LogP contribution in [0.5, 0.6) is 0 Å². The summed E-state index contributed by atoms with van der Waals surface area (Å²) in [6, 6.07) is 7.82. The SMILES string of the molecule is CN(C)c1ccccc1N1CC(CN=[N+]=[N-])CC1=O. The van der Waals surface area contributed by atoms with Crippen molar-refractivity contribution in [3.05, 3.63) is 34.7 Å². The molecule has 0 bridgehead atoms. The van der Waals surface area contributed by atoms with Gasteiger partial charge in [0.1, 0.15) is 0 Å². The van der Waals surface area contributed by atoms with Crippen molar-refractivity contribution in [2.75, 3.05) is 37.0 Å². The Morgan fingerprint density at radius 3 is 2.89 bits per heavy atom. The summed E-state index contributed by atoms with van der Waals surface area (Å²) in [4.78, 5) is 18.6. The minimum absolute atomic E-state index is 0.0902. The first kappa shape index (κ1) is 13.2. The van der Waals surface area contributed by atoms with E-state index in [4.69, 9.17) is 5.53 Å². The van der Waals surface area contributed by atoms with Crippen LogP contribution < -0.4 is 9.80 Å². The predicted molar refractivity (Wildman–Crippen MR) is 75.2 cm³/mol. The highest BCUT2D eigenvalue weighted by molar-refractivity contribution is 5.98. The van der Waals surface area contributed by atoms with E-state index in [-0.39, 0.29) is 11.8 Å². The van der Waals surface area contributed by atoms with Crippen molar-refractivity contribution in [1.29, 1.82) is 0 Å². The van der Waals surface area contributed by atoms with Crippen LogP contribution in [0.25, 0.3) is 10.4 Å². The molecule has 2 rings (SSSR count). The van der Waals surface area contributed by atoms with Crippen molar-refractivity contribution in [1.82, 2.24) is 0 Å². The summed E-state index contributed by atoms with van der Waals surface area (Å²) >= 11 is 0. The quantitative estimate of drug-likeness (QED) is 0.473. The minimum Gasteiger partial charge on any atom is -0.376 e. The van der Waals surface area contributed by atoms with Crippen LogP contribution in [-0.2, 0) is 4.79 Å². The van der Waals surface area contributed by atoms with Crippen LogP contribution in [0.1, 0.15) is 6.42 Å². The summed E-state index contributed by atoms with van der Waals surface area (Å²) in [5.41, 5.74) is 10.3. The Hall–Kier alpha value is -2.20. The molecule has 0 spiro atoms. The molecule has 0 saturated carbocycles. The number of benzene rings is 1. The number of hydrogen-bond acceptors (Lipinski definition) is 3. The molecule has 1 aliphatic heterocycles. The van der Waals surface area contributed by atoms with Crippen molar-refractivity contribution >= 4 is 17.3 Å². The van der Waals surface area contributed by atoms with E-state index in [1.165, 1.54) is 0 Å². The van der Waals surface area contributed by atoms with Crippen molar-refractivity contribution in [3.63, 3.8) is 0 Å². The third-order valence-corrected chi connectivity index (χ3v) is 3.26. The second-order valence-corrected chi connectivity index (χ2v) is 4.87. The van der Waals surface area contributed by atoms with Gasteiger partial charge in [-0.1, -0.05) is 17.2 Å². The lowest BCUT2D eigenvalue weighted by Gasteiger charge is -2.24. The van der Waals surface area contributed by atoms with Crippen LogP contribution in [0.3, 0.4) is 0 Å². The zero-order chi connectivity index (χ0) is 13.8. The molecule has 1 aliphatic rings. The Morgan fingerprint density at radius 2 is 2.21 bits per heavy atom. The van der Waals surface area contributed by atoms with Crippen LogP contribution in [0.4, 0.5) is 11.4 Å². The number of amides is 1. The number of para-hydroxylation sites is 2. The van der Waals surface area contributed by atoms with Gasteiger partial charge >= 0.3 is 0 Å². The minimum atomic E-state index is 0.0902. The van der Waals surface area contributed by atoms with Gasteiger partial charge in [-0.2, -0.15) is 0 Å². The summed E-state index contributed by atoms with van der Waals surface area (Å²) in [5.74, 6) is 0.200. The molecule has 19 heavy (non-hydrogen) atoms. The van der Waals surface area contributed by atoms with Gasteiger partial charge in [0.15, 0.2) is 0 Å². The molecule has 0 radical (unpaired) electrons. The van der Waals surface area contributed by atoms with E-state index < -0.39 is 0 Å². The average Bonchev–Trinajstić information content (AvgIpc) is 2.77. The molecule has 0 aromatic heterocycles. The standard InChI is InChI=1S/C13H17N5O/c1-17(2)11-5-3-4-6-12(11)18-9-10(7-13(18)19)8-15-16-14/h3-6,10H,7-9H2,1-2H3. The Labute approximate surface area is 112 Å². The van der Waals surface area contributed by atoms with Gasteiger partial charge in [-0.05, 0) is 23.6 Å². The molecule has 1 saturated heterocycles. The Balaban J connectivity index is 2.23. The first-order valence-corrected chi connectivity index (χ1v) is 6.21. The van der Waals surface area contributed by atoms with Crippen molar-refractivity contribution < 1.29 is 4.79 Å². The second kappa shape index (κ2) is 5.63. The summed E-state index contributed by atoms with van der Waals surface area (Å²) in [6.07, 6.45) is 0.445. The summed E-state index contributed by atoms with van der Waals surface area (Å²) < 4.78 is 0. The molecule has 0 aliphatic carbocycles. The fraction of sp³-hybridized carbons (Fsp3) is 0.462. The van der Waals surface area contributed by atoms with Gasteiger partial charge in [0.05, 0.1) is 11.4 Å². The molecular weight excluding hydrogens is 242 g/mol. The number of anilines is 2. The van der Waals surface area contributed by atoms with E-state index in [0.29, 0.717) is 19.5 Å². The highest BCUT2D eigenvalue weighted by atomic mass is 16.2. The third-order valence-electron chi connectivity index (χ3n) is 3.26. The maximum absolute atomic E-state index is 12.1. The van der Waals surface area contributed by atoms with E-state index in [2.05, 4.69) is 10.0 Å². The van der Waals surface area contributed by atoms with Gasteiger partial charge in [0.25, 0.3) is 0 Å². The van der Waals surface area contributed by atoms with Gasteiger partial charge in [-0.3, -0.25) is 4.79 Å². The molecule has 1 aromatic rings. The van der Waals surface area contributed by atoms with Crippen LogP contribution in [0.15, 0.2) is 29.4 Å². The summed E-state index contributed by atoms with van der Waals surface area (Å²) in [7, 11) is 3.91. The molecule has 1 unspecified atom stereocenters. The summed E-state index contributed by atoms with van der Waals surface area (Å²) in [6.45, 7) is 0.992. The Bertz CT molecular complexity index is 522. The monoisotopic (exact) mass is 259 g/mol. The largest absolute Gasteiger partial charge is 0.376 e. The lowest BCUT2D eigenvalue weighted by atomic mass is 10.1. The highest BCUT2D eigenvalue weighted by Gasteiger charge is 2.31. The smallest absolute Gasteiger partial charge is 0.227 e. The molecule has 100 valence electrons. The number of azide groups is 1. The number of rotatable bonds is 4. The first-order chi connectivity index (χ1) is 9.13. The molecule has 6 nitrogen and oxygen atoms in total. The van der Waals surface area contributed by atoms with Crippen molar-refractivity contribution in [3.8, 4) is 0 Å². The van der Waals surface area contributed by atoms with E-state index in [9.17, 15) is 4.79 Å². The van der Waals surface area contributed by atoms with Crippen LogP contribution in [0, 0.1) is 5.92 Å². The van der Waals surface area contributed by atoms with Gasteiger partial charge in [0, 0.05) is 38.5 Å². The van der Waals surface area contributed by atoms with Gasteiger partial charge in [-0.15, -0.1) is 0 Å². The van der Waals surface area contributed by atoms with Crippen molar-refractivity contribution in [2.24, 2.45) is 11.0 Å². The molecule has 1 heterocycles. The number of nitrogens with zero attached hydrogens (tertiary/aromatic N) is 5. The number of carbonyl (C=O) groups excluding carboxylic acids is 1. The number of carbonyl (C=O) groups is 1. The predicted octanol–water partition coefficient (Wildman–Crippen LogP) is 2.42. The van der Waals surface area contributed by atoms with E-state index >= 15 is 0 Å². The fourth-order valence-corrected chi connectivity index (χ4v) is 2.36. The third kappa shape index (κ3) is 2.80. The van der Waals surface area contributed by atoms with Crippen LogP contribution in [-0.4, -0.2) is 33.1 Å². The molecule has 1 fully saturated rings. The lowest BCUT2D eigenvalue weighted by Crippen LogP contribution is -2.27. The maximum atomic E-state index is 12.1. The van der Waals surface area contributed by atoms with E-state index in [0.717, 1.165) is 11.4 Å². The fourth-order valence-electron chi connectivity index (χ4n) is 2.36. The molecule has 6 heteroatoms.